The van der Waals surface area contributed by atoms with E-state index in [1.165, 1.54) is 0 Å². The lowest BCUT2D eigenvalue weighted by atomic mass is 10.1. The Bertz CT molecular complexity index is 451. The van der Waals surface area contributed by atoms with E-state index in [1.54, 1.807) is 29.9 Å². The maximum absolute atomic E-state index is 11.8. The molecule has 0 radical (unpaired) electrons. The third-order valence-corrected chi connectivity index (χ3v) is 3.21. The van der Waals surface area contributed by atoms with Crippen LogP contribution in [0, 0.1) is 0 Å². The highest BCUT2D eigenvalue weighted by Crippen LogP contribution is 2.02. The lowest BCUT2D eigenvalue weighted by molar-refractivity contribution is -0.121. The molecular weight excluding hydrogens is 232 g/mol. The Kier molecular flexibility index (Phi) is 3.78. The van der Waals surface area contributed by atoms with Gasteiger partial charge in [0, 0.05) is 32.4 Å². The minimum absolute atomic E-state index is 0.239. The standard InChI is InChI=1S/C12H18N4O2/c1-15-5-3-4-10(15)12(18)14-11(17)8-16(2)9-6-13-7-9/h3-5,9,13H,6-8H2,1-2H3,(H,14,17,18). The summed E-state index contributed by atoms with van der Waals surface area (Å²) in [5.74, 6) is -0.622. The number of rotatable bonds is 4. The largest absolute Gasteiger partial charge is 0.347 e. The van der Waals surface area contributed by atoms with Crippen LogP contribution in [0.4, 0.5) is 0 Å². The second-order valence-corrected chi connectivity index (χ2v) is 4.61. The van der Waals surface area contributed by atoms with E-state index in [0.29, 0.717) is 11.7 Å². The van der Waals surface area contributed by atoms with Gasteiger partial charge in [0.1, 0.15) is 5.69 Å². The van der Waals surface area contributed by atoms with Gasteiger partial charge in [0.05, 0.1) is 6.54 Å². The normalized spacial score (nSPS) is 15.5. The number of nitrogens with zero attached hydrogens (tertiary/aromatic N) is 2. The molecule has 1 aliphatic heterocycles. The molecule has 1 fully saturated rings. The van der Waals surface area contributed by atoms with Crippen LogP contribution in [0.2, 0.25) is 0 Å². The van der Waals surface area contributed by atoms with E-state index in [2.05, 4.69) is 10.6 Å². The quantitative estimate of drug-likeness (QED) is 0.733. The first-order valence-electron chi connectivity index (χ1n) is 5.94. The minimum Gasteiger partial charge on any atom is -0.347 e. The molecule has 2 N–H and O–H groups in total. The Morgan fingerprint density at radius 3 is 2.78 bits per heavy atom. The number of nitrogens with one attached hydrogen (secondary N) is 2. The van der Waals surface area contributed by atoms with Crippen molar-refractivity contribution in [3.05, 3.63) is 24.0 Å². The Hall–Kier alpha value is -1.66. The van der Waals surface area contributed by atoms with Gasteiger partial charge in [-0.25, -0.2) is 0 Å². The van der Waals surface area contributed by atoms with Crippen LogP contribution < -0.4 is 10.6 Å². The van der Waals surface area contributed by atoms with Crippen LogP contribution in [0.25, 0.3) is 0 Å². The van der Waals surface area contributed by atoms with E-state index in [1.807, 2.05) is 11.9 Å². The fraction of sp³-hybridized carbons (Fsp3) is 0.500. The molecule has 1 saturated heterocycles. The first-order chi connectivity index (χ1) is 8.58. The van der Waals surface area contributed by atoms with Crippen LogP contribution in [-0.4, -0.2) is 54.0 Å². The number of aryl methyl sites for hydroxylation is 1. The Labute approximate surface area is 106 Å². The molecule has 2 heterocycles. The average molecular weight is 250 g/mol. The molecule has 0 saturated carbocycles. The average Bonchev–Trinajstić information content (AvgIpc) is 2.60. The van der Waals surface area contributed by atoms with Crippen LogP contribution in [-0.2, 0) is 11.8 Å². The lowest BCUT2D eigenvalue weighted by Gasteiger charge is -2.35. The molecule has 1 aliphatic rings. The van der Waals surface area contributed by atoms with Crippen LogP contribution >= 0.6 is 0 Å². The summed E-state index contributed by atoms with van der Waals surface area (Å²) >= 11 is 0. The van der Waals surface area contributed by atoms with Gasteiger partial charge in [-0.05, 0) is 19.2 Å². The Morgan fingerprint density at radius 2 is 2.28 bits per heavy atom. The molecule has 18 heavy (non-hydrogen) atoms. The van der Waals surface area contributed by atoms with Gasteiger partial charge in [0.15, 0.2) is 0 Å². The first-order valence-corrected chi connectivity index (χ1v) is 5.94. The zero-order valence-electron chi connectivity index (χ0n) is 10.6. The first kappa shape index (κ1) is 12.8. The van der Waals surface area contributed by atoms with Crippen molar-refractivity contribution < 1.29 is 9.59 Å². The maximum atomic E-state index is 11.8. The number of imide groups is 1. The molecule has 0 bridgehead atoms. The zero-order valence-corrected chi connectivity index (χ0v) is 10.6. The number of aromatic nitrogens is 1. The maximum Gasteiger partial charge on any atom is 0.274 e. The summed E-state index contributed by atoms with van der Waals surface area (Å²) in [5.41, 5.74) is 0.483. The van der Waals surface area contributed by atoms with Crippen molar-refractivity contribution in [2.75, 3.05) is 26.7 Å². The van der Waals surface area contributed by atoms with Crippen LogP contribution in [0.15, 0.2) is 18.3 Å². The van der Waals surface area contributed by atoms with Crippen molar-refractivity contribution in [1.29, 1.82) is 0 Å². The van der Waals surface area contributed by atoms with E-state index < -0.39 is 0 Å². The van der Waals surface area contributed by atoms with E-state index in [9.17, 15) is 9.59 Å². The minimum atomic E-state index is -0.354. The second-order valence-electron chi connectivity index (χ2n) is 4.61. The number of amides is 2. The van der Waals surface area contributed by atoms with Gasteiger partial charge in [0.25, 0.3) is 5.91 Å². The molecule has 6 nitrogen and oxygen atoms in total. The molecule has 6 heteroatoms. The van der Waals surface area contributed by atoms with E-state index in [0.717, 1.165) is 13.1 Å². The van der Waals surface area contributed by atoms with Crippen molar-refractivity contribution >= 4 is 11.8 Å². The summed E-state index contributed by atoms with van der Waals surface area (Å²) < 4.78 is 1.68. The van der Waals surface area contributed by atoms with Crippen molar-refractivity contribution in [3.63, 3.8) is 0 Å². The fourth-order valence-electron chi connectivity index (χ4n) is 1.87. The number of carbonyl (C=O) groups excluding carboxylic acids is 2. The highest BCUT2D eigenvalue weighted by Gasteiger charge is 2.23. The summed E-state index contributed by atoms with van der Waals surface area (Å²) in [6.07, 6.45) is 1.77. The fourth-order valence-corrected chi connectivity index (χ4v) is 1.87. The highest BCUT2D eigenvalue weighted by atomic mass is 16.2. The molecule has 98 valence electrons. The van der Waals surface area contributed by atoms with E-state index in [-0.39, 0.29) is 18.4 Å². The molecule has 0 unspecified atom stereocenters. The topological polar surface area (TPSA) is 66.4 Å². The van der Waals surface area contributed by atoms with Crippen LogP contribution in [0.5, 0.6) is 0 Å². The molecule has 0 aromatic carbocycles. The third-order valence-electron chi connectivity index (χ3n) is 3.21. The van der Waals surface area contributed by atoms with Gasteiger partial charge in [-0.2, -0.15) is 0 Å². The van der Waals surface area contributed by atoms with Gasteiger partial charge in [-0.15, -0.1) is 0 Å². The number of likely N-dealkylation sites (N-methyl/N-ethyl adjacent to an activating group) is 1. The Morgan fingerprint density at radius 1 is 1.56 bits per heavy atom. The predicted octanol–water partition coefficient (Wildman–Crippen LogP) is -0.815. The molecule has 0 atom stereocenters. The van der Waals surface area contributed by atoms with Crippen molar-refractivity contribution in [2.24, 2.45) is 7.05 Å². The Balaban J connectivity index is 1.83. The van der Waals surface area contributed by atoms with Gasteiger partial charge < -0.3 is 9.88 Å². The van der Waals surface area contributed by atoms with E-state index in [4.69, 9.17) is 0 Å². The summed E-state index contributed by atoms with van der Waals surface area (Å²) in [6, 6.07) is 3.84. The SMILES string of the molecule is CN(CC(=O)NC(=O)c1cccn1C)C1CNC1. The van der Waals surface area contributed by atoms with Crippen molar-refractivity contribution in [3.8, 4) is 0 Å². The molecular formula is C12H18N4O2. The summed E-state index contributed by atoms with van der Waals surface area (Å²) in [5, 5.41) is 5.54. The molecule has 0 aliphatic carbocycles. The smallest absolute Gasteiger partial charge is 0.274 e. The summed E-state index contributed by atoms with van der Waals surface area (Å²) in [7, 11) is 3.66. The van der Waals surface area contributed by atoms with Crippen molar-refractivity contribution in [1.82, 2.24) is 20.1 Å². The zero-order chi connectivity index (χ0) is 13.1. The number of carbonyl (C=O) groups is 2. The molecule has 1 aromatic heterocycles. The summed E-state index contributed by atoms with van der Waals surface area (Å²) in [6.45, 7) is 2.04. The second kappa shape index (κ2) is 5.32. The van der Waals surface area contributed by atoms with Gasteiger partial charge in [-0.3, -0.25) is 19.8 Å². The molecule has 2 amide bonds. The van der Waals surface area contributed by atoms with Crippen LogP contribution in [0.3, 0.4) is 0 Å². The summed E-state index contributed by atoms with van der Waals surface area (Å²) in [4.78, 5) is 25.4. The predicted molar refractivity (Wildman–Crippen MR) is 67.2 cm³/mol. The van der Waals surface area contributed by atoms with Crippen molar-refractivity contribution in [2.45, 2.75) is 6.04 Å². The molecule has 0 spiro atoms. The van der Waals surface area contributed by atoms with Gasteiger partial charge in [-0.1, -0.05) is 0 Å². The lowest BCUT2D eigenvalue weighted by Crippen LogP contribution is -2.57. The number of hydrogen-bond acceptors (Lipinski definition) is 4. The van der Waals surface area contributed by atoms with E-state index >= 15 is 0 Å². The number of hydrogen-bond donors (Lipinski definition) is 2. The van der Waals surface area contributed by atoms with Crippen LogP contribution in [0.1, 0.15) is 10.5 Å². The van der Waals surface area contributed by atoms with Gasteiger partial charge in [0.2, 0.25) is 5.91 Å². The monoisotopic (exact) mass is 250 g/mol. The third kappa shape index (κ3) is 2.77. The van der Waals surface area contributed by atoms with Gasteiger partial charge >= 0.3 is 0 Å². The molecule has 2 rings (SSSR count). The molecule has 1 aromatic rings. The highest BCUT2D eigenvalue weighted by molar-refractivity contribution is 6.04.